The van der Waals surface area contributed by atoms with E-state index in [1.54, 1.807) is 0 Å². The number of aryl methyl sites for hydroxylation is 1. The second kappa shape index (κ2) is 5.61. The van der Waals surface area contributed by atoms with Gasteiger partial charge in [-0.1, -0.05) is 5.16 Å². The van der Waals surface area contributed by atoms with Gasteiger partial charge >= 0.3 is 0 Å². The zero-order chi connectivity index (χ0) is 13.2. The number of nitrogens with zero attached hydrogens (tertiary/aromatic N) is 2. The van der Waals surface area contributed by atoms with Crippen molar-refractivity contribution in [3.05, 3.63) is 17.5 Å². The Labute approximate surface area is 113 Å². The number of hydrogen-bond acceptors (Lipinski definition) is 5. The first-order chi connectivity index (χ1) is 9.28. The van der Waals surface area contributed by atoms with Crippen molar-refractivity contribution in [1.29, 1.82) is 0 Å². The van der Waals surface area contributed by atoms with E-state index < -0.39 is 0 Å². The van der Waals surface area contributed by atoms with Crippen LogP contribution in [0.3, 0.4) is 0 Å². The van der Waals surface area contributed by atoms with Crippen LogP contribution in [-0.2, 0) is 16.0 Å². The van der Waals surface area contributed by atoms with Crippen molar-refractivity contribution in [2.24, 2.45) is 0 Å². The molecule has 0 N–H and O–H groups in total. The number of hydrogen-bond donors (Lipinski definition) is 0. The van der Waals surface area contributed by atoms with Crippen molar-refractivity contribution in [3.8, 4) is 0 Å². The molecule has 0 amide bonds. The Morgan fingerprint density at radius 3 is 3.11 bits per heavy atom. The van der Waals surface area contributed by atoms with Crippen molar-refractivity contribution in [2.45, 2.75) is 51.5 Å². The van der Waals surface area contributed by atoms with Gasteiger partial charge in [-0.25, -0.2) is 0 Å². The molecule has 5 nitrogen and oxygen atoms in total. The first-order valence-electron chi connectivity index (χ1n) is 7.17. The van der Waals surface area contributed by atoms with Gasteiger partial charge in [0, 0.05) is 31.8 Å². The number of aromatic nitrogens is 1. The van der Waals surface area contributed by atoms with Gasteiger partial charge in [0.2, 0.25) is 0 Å². The van der Waals surface area contributed by atoms with E-state index in [4.69, 9.17) is 14.0 Å². The molecule has 0 aromatic carbocycles. The fourth-order valence-corrected chi connectivity index (χ4v) is 3.28. The lowest BCUT2D eigenvalue weighted by molar-refractivity contribution is -0.113. The standard InChI is InChI=1S/C14H22N2O3/c1-3-17-13-5-4-12-14(13)18-7-6-16(12)9-11-8-10(2)19-15-11/h8,12-14H,3-7,9H2,1-2H3/t12-,13-,14-/m1/s1. The smallest absolute Gasteiger partial charge is 0.133 e. The quantitative estimate of drug-likeness (QED) is 0.831. The minimum atomic E-state index is 0.224. The SMILES string of the molecule is CCO[C@@H]1CC[C@@H]2[C@H]1OCCN2Cc1cc(C)on1. The Hall–Kier alpha value is -0.910. The van der Waals surface area contributed by atoms with Crippen LogP contribution >= 0.6 is 0 Å². The molecule has 2 heterocycles. The predicted octanol–water partition coefficient (Wildman–Crippen LogP) is 1.75. The van der Waals surface area contributed by atoms with E-state index in [1.165, 1.54) is 0 Å². The maximum atomic E-state index is 5.93. The molecule has 0 radical (unpaired) electrons. The predicted molar refractivity (Wildman–Crippen MR) is 69.8 cm³/mol. The van der Waals surface area contributed by atoms with Gasteiger partial charge in [-0.05, 0) is 26.7 Å². The summed E-state index contributed by atoms with van der Waals surface area (Å²) in [5.74, 6) is 0.874. The summed E-state index contributed by atoms with van der Waals surface area (Å²) in [6, 6.07) is 2.47. The van der Waals surface area contributed by atoms with E-state index in [0.717, 1.165) is 50.6 Å². The third-order valence-electron chi connectivity index (χ3n) is 4.07. The molecule has 5 heteroatoms. The minimum absolute atomic E-state index is 0.224. The topological polar surface area (TPSA) is 47.7 Å². The van der Waals surface area contributed by atoms with Gasteiger partial charge in [0.25, 0.3) is 0 Å². The van der Waals surface area contributed by atoms with Crippen LogP contribution in [0.1, 0.15) is 31.2 Å². The summed E-state index contributed by atoms with van der Waals surface area (Å²) in [6.07, 6.45) is 2.72. The molecule has 2 fully saturated rings. The van der Waals surface area contributed by atoms with Crippen LogP contribution in [0.25, 0.3) is 0 Å². The van der Waals surface area contributed by atoms with E-state index in [2.05, 4.69) is 10.1 Å². The molecule has 0 unspecified atom stereocenters. The average Bonchev–Trinajstić information content (AvgIpc) is 2.98. The van der Waals surface area contributed by atoms with E-state index in [9.17, 15) is 0 Å². The summed E-state index contributed by atoms with van der Waals surface area (Å²) in [6.45, 7) is 7.33. The van der Waals surface area contributed by atoms with Gasteiger partial charge in [0.1, 0.15) is 5.76 Å². The molecule has 106 valence electrons. The summed E-state index contributed by atoms with van der Waals surface area (Å²) in [4.78, 5) is 2.46. The Kier molecular flexibility index (Phi) is 3.86. The second-order valence-corrected chi connectivity index (χ2v) is 5.37. The van der Waals surface area contributed by atoms with Gasteiger partial charge in [0.05, 0.1) is 24.5 Å². The van der Waals surface area contributed by atoms with Crippen LogP contribution < -0.4 is 0 Å². The zero-order valence-corrected chi connectivity index (χ0v) is 11.7. The van der Waals surface area contributed by atoms with Gasteiger partial charge in [0.15, 0.2) is 0 Å². The lowest BCUT2D eigenvalue weighted by atomic mass is 10.1. The van der Waals surface area contributed by atoms with E-state index in [0.29, 0.717) is 6.04 Å². The molecular weight excluding hydrogens is 244 g/mol. The number of fused-ring (bicyclic) bond motifs is 1. The van der Waals surface area contributed by atoms with E-state index in [1.807, 2.05) is 19.9 Å². The first kappa shape index (κ1) is 13.1. The highest BCUT2D eigenvalue weighted by atomic mass is 16.5. The van der Waals surface area contributed by atoms with Crippen molar-refractivity contribution < 1.29 is 14.0 Å². The molecule has 0 bridgehead atoms. The second-order valence-electron chi connectivity index (χ2n) is 5.37. The Morgan fingerprint density at radius 2 is 2.37 bits per heavy atom. The van der Waals surface area contributed by atoms with Crippen molar-refractivity contribution in [3.63, 3.8) is 0 Å². The highest BCUT2D eigenvalue weighted by molar-refractivity contribution is 5.05. The maximum Gasteiger partial charge on any atom is 0.133 e. The van der Waals surface area contributed by atoms with E-state index >= 15 is 0 Å². The third-order valence-corrected chi connectivity index (χ3v) is 4.07. The average molecular weight is 266 g/mol. The molecule has 1 aromatic rings. The molecule has 1 aliphatic carbocycles. The molecule has 3 atom stereocenters. The number of ether oxygens (including phenoxy) is 2. The zero-order valence-electron chi connectivity index (χ0n) is 11.7. The normalized spacial score (nSPS) is 31.6. The van der Waals surface area contributed by atoms with Crippen molar-refractivity contribution in [2.75, 3.05) is 19.8 Å². The fraction of sp³-hybridized carbons (Fsp3) is 0.786. The Morgan fingerprint density at radius 1 is 1.47 bits per heavy atom. The summed E-state index contributed by atoms with van der Waals surface area (Å²) in [5.41, 5.74) is 1.01. The van der Waals surface area contributed by atoms with Crippen LogP contribution in [0.2, 0.25) is 0 Å². The lowest BCUT2D eigenvalue weighted by Crippen LogP contribution is -2.51. The first-order valence-corrected chi connectivity index (χ1v) is 7.17. The monoisotopic (exact) mass is 266 g/mol. The molecule has 3 rings (SSSR count). The van der Waals surface area contributed by atoms with E-state index in [-0.39, 0.29) is 12.2 Å². The number of rotatable bonds is 4. The molecule has 19 heavy (non-hydrogen) atoms. The van der Waals surface area contributed by atoms with Crippen molar-refractivity contribution in [1.82, 2.24) is 10.1 Å². The van der Waals surface area contributed by atoms with Crippen LogP contribution in [-0.4, -0.2) is 48.1 Å². The van der Waals surface area contributed by atoms with Gasteiger partial charge < -0.3 is 14.0 Å². The van der Waals surface area contributed by atoms with Crippen molar-refractivity contribution >= 4 is 0 Å². The van der Waals surface area contributed by atoms with Gasteiger partial charge in [-0.3, -0.25) is 4.90 Å². The van der Waals surface area contributed by atoms with Crippen LogP contribution in [0.15, 0.2) is 10.6 Å². The fourth-order valence-electron chi connectivity index (χ4n) is 3.28. The van der Waals surface area contributed by atoms with Gasteiger partial charge in [-0.15, -0.1) is 0 Å². The maximum absolute atomic E-state index is 5.93. The largest absolute Gasteiger partial charge is 0.376 e. The highest BCUT2D eigenvalue weighted by Crippen LogP contribution is 2.32. The Balaban J connectivity index is 1.66. The summed E-state index contributed by atoms with van der Waals surface area (Å²) < 4.78 is 16.9. The molecule has 2 aliphatic rings. The van der Waals surface area contributed by atoms with Crippen LogP contribution in [0.5, 0.6) is 0 Å². The highest BCUT2D eigenvalue weighted by Gasteiger charge is 2.43. The van der Waals surface area contributed by atoms with Crippen LogP contribution in [0.4, 0.5) is 0 Å². The summed E-state index contributed by atoms with van der Waals surface area (Å²) >= 11 is 0. The summed E-state index contributed by atoms with van der Waals surface area (Å²) in [7, 11) is 0. The third kappa shape index (κ3) is 2.68. The lowest BCUT2D eigenvalue weighted by Gasteiger charge is -2.38. The molecule has 1 aliphatic heterocycles. The van der Waals surface area contributed by atoms with Crippen LogP contribution in [0, 0.1) is 6.92 Å². The molecule has 1 aromatic heterocycles. The molecular formula is C14H22N2O3. The summed E-state index contributed by atoms with van der Waals surface area (Å²) in [5, 5.41) is 4.09. The molecule has 0 spiro atoms. The molecule has 1 saturated heterocycles. The van der Waals surface area contributed by atoms with Gasteiger partial charge in [-0.2, -0.15) is 0 Å². The Bertz CT molecular complexity index is 421. The minimum Gasteiger partial charge on any atom is -0.376 e. The number of morpholine rings is 1. The molecule has 1 saturated carbocycles.